The van der Waals surface area contributed by atoms with Gasteiger partial charge in [0, 0.05) is 34.4 Å². The second-order valence-corrected chi connectivity index (χ2v) is 10.4. The van der Waals surface area contributed by atoms with Crippen LogP contribution in [0.25, 0.3) is 22.5 Å². The van der Waals surface area contributed by atoms with Gasteiger partial charge in [-0.1, -0.05) is 12.1 Å². The molecule has 0 bridgehead atoms. The fourth-order valence-corrected chi connectivity index (χ4v) is 5.53. The maximum atomic E-state index is 13.8. The lowest BCUT2D eigenvalue weighted by Crippen LogP contribution is -2.31. The van der Waals surface area contributed by atoms with Gasteiger partial charge in [0.25, 0.3) is 0 Å². The Kier molecular flexibility index (Phi) is 5.66. The van der Waals surface area contributed by atoms with Gasteiger partial charge in [0.2, 0.25) is 5.91 Å². The summed E-state index contributed by atoms with van der Waals surface area (Å²) in [7, 11) is 0. The average Bonchev–Trinajstić information content (AvgIpc) is 3.80. The summed E-state index contributed by atoms with van der Waals surface area (Å²) < 4.78 is 0. The van der Waals surface area contributed by atoms with Crippen LogP contribution in [0.2, 0.25) is 0 Å². The number of nitrogens with one attached hydrogen (secondary N) is 3. The summed E-state index contributed by atoms with van der Waals surface area (Å²) in [6.07, 6.45) is 6.52. The van der Waals surface area contributed by atoms with E-state index in [0.29, 0.717) is 29.4 Å². The largest absolute Gasteiger partial charge is 0.325 e. The zero-order valence-electron chi connectivity index (χ0n) is 20.9. The van der Waals surface area contributed by atoms with Crippen molar-refractivity contribution in [2.75, 3.05) is 5.32 Å². The number of aromatic amines is 2. The topological polar surface area (TPSA) is 112 Å². The molecule has 4 aromatic rings. The molecule has 3 heterocycles. The summed E-state index contributed by atoms with van der Waals surface area (Å²) in [5, 5.41) is 19.4. The molecule has 0 radical (unpaired) electrons. The van der Waals surface area contributed by atoms with E-state index in [9.17, 15) is 4.79 Å². The minimum absolute atomic E-state index is 0.0177. The molecule has 0 spiro atoms. The van der Waals surface area contributed by atoms with Gasteiger partial charge in [0.1, 0.15) is 11.7 Å². The molecule has 1 amide bonds. The van der Waals surface area contributed by atoms with Crippen molar-refractivity contribution in [1.82, 2.24) is 30.4 Å². The zero-order chi connectivity index (χ0) is 24.8. The molecule has 0 aliphatic heterocycles. The average molecular weight is 482 g/mol. The minimum Gasteiger partial charge on any atom is -0.325 e. The van der Waals surface area contributed by atoms with E-state index in [4.69, 9.17) is 0 Å². The smallest absolute Gasteiger partial charge is 0.235 e. The van der Waals surface area contributed by atoms with E-state index in [2.05, 4.69) is 35.7 Å². The number of carbonyl (C=O) groups excluding carboxylic acids is 1. The number of aromatic nitrogens is 6. The number of anilines is 1. The fourth-order valence-electron chi connectivity index (χ4n) is 5.53. The van der Waals surface area contributed by atoms with Crippen molar-refractivity contribution in [1.29, 1.82) is 0 Å². The van der Waals surface area contributed by atoms with E-state index in [0.717, 1.165) is 39.5 Å². The van der Waals surface area contributed by atoms with Crippen LogP contribution in [-0.4, -0.2) is 36.3 Å². The van der Waals surface area contributed by atoms with Crippen molar-refractivity contribution in [2.24, 2.45) is 17.8 Å². The molecular formula is C28H31N7O. The van der Waals surface area contributed by atoms with Crippen LogP contribution in [0.15, 0.2) is 42.6 Å². The number of rotatable bonds is 8. The number of carbonyl (C=O) groups is 1. The number of hydrogen-bond donors (Lipinski definition) is 3. The third-order valence-electron chi connectivity index (χ3n) is 7.54. The number of amides is 1. The maximum absolute atomic E-state index is 13.8. The van der Waals surface area contributed by atoms with Gasteiger partial charge >= 0.3 is 0 Å². The SMILES string of the molecule is Cc1cc(-c2nnc(C(C(=O)Nc3ccc(-c4c(C)n[nH]c4C)cc3)C(C3CC3)C3CC3)[nH]2)ccn1. The van der Waals surface area contributed by atoms with Gasteiger partial charge < -0.3 is 10.3 Å². The molecule has 2 aliphatic carbocycles. The molecule has 1 unspecified atom stereocenters. The van der Waals surface area contributed by atoms with Gasteiger partial charge in [-0.3, -0.25) is 14.9 Å². The zero-order valence-corrected chi connectivity index (χ0v) is 20.9. The van der Waals surface area contributed by atoms with Crippen LogP contribution in [0.5, 0.6) is 0 Å². The summed E-state index contributed by atoms with van der Waals surface area (Å²) in [6, 6.07) is 11.9. The lowest BCUT2D eigenvalue weighted by atomic mass is 9.82. The highest BCUT2D eigenvalue weighted by atomic mass is 16.2. The van der Waals surface area contributed by atoms with E-state index in [-0.39, 0.29) is 11.8 Å². The number of pyridine rings is 1. The Bertz CT molecular complexity index is 1360. The molecule has 8 heteroatoms. The number of H-pyrrole nitrogens is 2. The molecule has 3 aromatic heterocycles. The molecule has 0 saturated heterocycles. The summed E-state index contributed by atoms with van der Waals surface area (Å²) in [5.74, 6) is 2.41. The van der Waals surface area contributed by atoms with Crippen LogP contribution < -0.4 is 5.32 Å². The second kappa shape index (κ2) is 9.00. The fraction of sp³-hybridized carbons (Fsp3) is 0.393. The van der Waals surface area contributed by atoms with Crippen LogP contribution in [0.3, 0.4) is 0 Å². The Labute approximate surface area is 210 Å². The molecule has 184 valence electrons. The highest BCUT2D eigenvalue weighted by molar-refractivity contribution is 5.96. The third kappa shape index (κ3) is 4.43. The van der Waals surface area contributed by atoms with Crippen molar-refractivity contribution in [3.8, 4) is 22.5 Å². The first-order valence-electron chi connectivity index (χ1n) is 12.8. The minimum atomic E-state index is -0.354. The predicted molar refractivity (Wildman–Crippen MR) is 138 cm³/mol. The van der Waals surface area contributed by atoms with Crippen molar-refractivity contribution >= 4 is 11.6 Å². The summed E-state index contributed by atoms with van der Waals surface area (Å²) in [6.45, 7) is 5.96. The molecule has 2 aliphatic rings. The van der Waals surface area contributed by atoms with Crippen LogP contribution >= 0.6 is 0 Å². The third-order valence-corrected chi connectivity index (χ3v) is 7.54. The van der Waals surface area contributed by atoms with E-state index >= 15 is 0 Å². The lowest BCUT2D eigenvalue weighted by Gasteiger charge is -2.24. The van der Waals surface area contributed by atoms with Crippen LogP contribution in [0, 0.1) is 38.5 Å². The van der Waals surface area contributed by atoms with Crippen molar-refractivity contribution in [3.05, 3.63) is 65.5 Å². The Morgan fingerprint density at radius 2 is 1.69 bits per heavy atom. The predicted octanol–water partition coefficient (Wildman–Crippen LogP) is 5.34. The molecule has 2 fully saturated rings. The van der Waals surface area contributed by atoms with E-state index < -0.39 is 0 Å². The first kappa shape index (κ1) is 22.6. The van der Waals surface area contributed by atoms with E-state index in [1.54, 1.807) is 6.20 Å². The van der Waals surface area contributed by atoms with Gasteiger partial charge in [-0.25, -0.2) is 0 Å². The van der Waals surface area contributed by atoms with Crippen LogP contribution in [0.4, 0.5) is 5.69 Å². The van der Waals surface area contributed by atoms with Crippen LogP contribution in [0.1, 0.15) is 54.5 Å². The molecule has 2 saturated carbocycles. The number of hydrogen-bond acceptors (Lipinski definition) is 5. The van der Waals surface area contributed by atoms with Crippen LogP contribution in [-0.2, 0) is 4.79 Å². The Hall–Kier alpha value is -3.81. The van der Waals surface area contributed by atoms with Crippen molar-refractivity contribution < 1.29 is 4.79 Å². The Balaban J connectivity index is 1.28. The van der Waals surface area contributed by atoms with E-state index in [1.165, 1.54) is 25.7 Å². The molecule has 3 N–H and O–H groups in total. The Morgan fingerprint density at radius 1 is 0.972 bits per heavy atom. The first-order chi connectivity index (χ1) is 17.5. The van der Waals surface area contributed by atoms with Gasteiger partial charge in [-0.15, -0.1) is 10.2 Å². The highest BCUT2D eigenvalue weighted by Crippen LogP contribution is 2.54. The van der Waals surface area contributed by atoms with E-state index in [1.807, 2.05) is 57.2 Å². The van der Waals surface area contributed by atoms with Gasteiger partial charge in [-0.05, 0) is 94.0 Å². The number of aryl methyl sites for hydroxylation is 3. The van der Waals surface area contributed by atoms with Gasteiger partial charge in [-0.2, -0.15) is 5.10 Å². The highest BCUT2D eigenvalue weighted by Gasteiger charge is 2.49. The second-order valence-electron chi connectivity index (χ2n) is 10.4. The van der Waals surface area contributed by atoms with Gasteiger partial charge in [0.05, 0.1) is 5.69 Å². The summed E-state index contributed by atoms with van der Waals surface area (Å²) in [4.78, 5) is 21.5. The number of nitrogens with zero attached hydrogens (tertiary/aromatic N) is 4. The molecule has 1 atom stereocenters. The Morgan fingerprint density at radius 3 is 2.31 bits per heavy atom. The molecule has 1 aromatic carbocycles. The summed E-state index contributed by atoms with van der Waals surface area (Å²) in [5.41, 5.74) is 6.80. The summed E-state index contributed by atoms with van der Waals surface area (Å²) >= 11 is 0. The molecule has 6 rings (SSSR count). The molecular weight excluding hydrogens is 450 g/mol. The lowest BCUT2D eigenvalue weighted by molar-refractivity contribution is -0.119. The first-order valence-corrected chi connectivity index (χ1v) is 12.8. The standard InChI is InChI=1S/C28H31N7O/c1-15-14-21(12-13-29-15)26-31-27(35-34-26)25(24(19-4-5-19)20-6-7-20)28(36)30-22-10-8-18(9-11-22)23-16(2)32-33-17(23)3/h8-14,19-20,24-25H,4-7H2,1-3H3,(H,30,36)(H,32,33)(H,31,34,35). The molecule has 8 nitrogen and oxygen atoms in total. The molecule has 36 heavy (non-hydrogen) atoms. The number of benzene rings is 1. The quantitative estimate of drug-likeness (QED) is 0.314. The monoisotopic (exact) mass is 481 g/mol. The van der Waals surface area contributed by atoms with Crippen molar-refractivity contribution in [3.63, 3.8) is 0 Å². The van der Waals surface area contributed by atoms with Crippen molar-refractivity contribution in [2.45, 2.75) is 52.4 Å². The normalized spacial score (nSPS) is 16.3. The van der Waals surface area contributed by atoms with Gasteiger partial charge in [0.15, 0.2) is 5.82 Å². The maximum Gasteiger partial charge on any atom is 0.235 e.